The van der Waals surface area contributed by atoms with Gasteiger partial charge in [0.05, 0.1) is 6.04 Å². The molecule has 21 heavy (non-hydrogen) atoms. The summed E-state index contributed by atoms with van der Waals surface area (Å²) in [5, 5.41) is 2.68. The number of Topliss-reactive ketones (excluding diaryl/α,β-unsaturated/α-hetero) is 1. The molecule has 0 aliphatic carbocycles. The highest BCUT2D eigenvalue weighted by atomic mass is 16.6. The summed E-state index contributed by atoms with van der Waals surface area (Å²) >= 11 is 0. The largest absolute Gasteiger partial charge is 0.444 e. The highest BCUT2D eigenvalue weighted by Gasteiger charge is 2.40. The number of likely N-dealkylation sites (tertiary alicyclic amines) is 1. The van der Waals surface area contributed by atoms with E-state index < -0.39 is 23.8 Å². The molecular formula is C15H26N2O4. The van der Waals surface area contributed by atoms with Gasteiger partial charge >= 0.3 is 6.09 Å². The molecular weight excluding hydrogens is 272 g/mol. The first-order valence-corrected chi connectivity index (χ1v) is 7.48. The summed E-state index contributed by atoms with van der Waals surface area (Å²) in [6.07, 6.45) is 1.31. The molecule has 2 amide bonds. The van der Waals surface area contributed by atoms with Crippen molar-refractivity contribution in [3.8, 4) is 0 Å². The quantitative estimate of drug-likeness (QED) is 0.840. The molecule has 1 aliphatic rings. The number of carbonyl (C=O) groups is 3. The van der Waals surface area contributed by atoms with Crippen LogP contribution in [-0.4, -0.2) is 46.9 Å². The van der Waals surface area contributed by atoms with E-state index in [0.717, 1.165) is 6.42 Å². The number of nitrogens with one attached hydrogen (secondary N) is 1. The fourth-order valence-corrected chi connectivity index (χ4v) is 2.05. The first kappa shape index (κ1) is 17.5. The van der Waals surface area contributed by atoms with Crippen LogP contribution in [0.1, 0.15) is 53.9 Å². The molecule has 0 bridgehead atoms. The van der Waals surface area contributed by atoms with Crippen molar-refractivity contribution in [1.82, 2.24) is 10.2 Å². The lowest BCUT2D eigenvalue weighted by Gasteiger charge is -2.40. The predicted molar refractivity (Wildman–Crippen MR) is 78.9 cm³/mol. The minimum Gasteiger partial charge on any atom is -0.444 e. The number of hydrogen-bond acceptors (Lipinski definition) is 4. The molecule has 2 atom stereocenters. The summed E-state index contributed by atoms with van der Waals surface area (Å²) in [6, 6.07) is -1.05. The number of amides is 2. The lowest BCUT2D eigenvalue weighted by atomic mass is 10.0. The highest BCUT2D eigenvalue weighted by molar-refractivity contribution is 5.92. The van der Waals surface area contributed by atoms with Crippen LogP contribution in [0.5, 0.6) is 0 Å². The zero-order chi connectivity index (χ0) is 16.2. The fraction of sp³-hybridized carbons (Fsp3) is 0.800. The van der Waals surface area contributed by atoms with E-state index in [1.165, 1.54) is 4.90 Å². The van der Waals surface area contributed by atoms with Crippen molar-refractivity contribution in [3.05, 3.63) is 0 Å². The first-order valence-electron chi connectivity index (χ1n) is 7.48. The SMILES string of the molecule is CCCC(=O)C(C)NC(=O)C1CCN1C(=O)OC(C)(C)C. The summed E-state index contributed by atoms with van der Waals surface area (Å²) in [7, 11) is 0. The predicted octanol–water partition coefficient (Wildman–Crippen LogP) is 1.87. The number of rotatable bonds is 5. The van der Waals surface area contributed by atoms with Gasteiger partial charge in [0, 0.05) is 13.0 Å². The molecule has 1 aliphatic heterocycles. The molecule has 1 N–H and O–H groups in total. The van der Waals surface area contributed by atoms with Gasteiger partial charge in [0.2, 0.25) is 5.91 Å². The van der Waals surface area contributed by atoms with Gasteiger partial charge < -0.3 is 10.1 Å². The van der Waals surface area contributed by atoms with Crippen molar-refractivity contribution in [1.29, 1.82) is 0 Å². The van der Waals surface area contributed by atoms with Crippen LogP contribution >= 0.6 is 0 Å². The zero-order valence-corrected chi connectivity index (χ0v) is 13.6. The average Bonchev–Trinajstić information content (AvgIpc) is 2.24. The summed E-state index contributed by atoms with van der Waals surface area (Å²) in [5.41, 5.74) is -0.585. The van der Waals surface area contributed by atoms with E-state index in [1.54, 1.807) is 27.7 Å². The molecule has 1 saturated heterocycles. The zero-order valence-electron chi connectivity index (χ0n) is 13.6. The van der Waals surface area contributed by atoms with Crippen LogP contribution in [-0.2, 0) is 14.3 Å². The van der Waals surface area contributed by atoms with Crippen LogP contribution in [0.25, 0.3) is 0 Å². The van der Waals surface area contributed by atoms with Gasteiger partial charge in [0.25, 0.3) is 0 Å². The Morgan fingerprint density at radius 3 is 2.38 bits per heavy atom. The van der Waals surface area contributed by atoms with Gasteiger partial charge in [-0.25, -0.2) is 4.79 Å². The highest BCUT2D eigenvalue weighted by Crippen LogP contribution is 2.21. The Hall–Kier alpha value is -1.59. The summed E-state index contributed by atoms with van der Waals surface area (Å²) < 4.78 is 5.25. The molecule has 0 spiro atoms. The second kappa shape index (κ2) is 6.91. The Bertz CT molecular complexity index is 414. The normalized spacial score (nSPS) is 19.5. The van der Waals surface area contributed by atoms with Crippen LogP contribution < -0.4 is 5.32 Å². The fourth-order valence-electron chi connectivity index (χ4n) is 2.05. The van der Waals surface area contributed by atoms with Crippen molar-refractivity contribution in [2.24, 2.45) is 0 Å². The molecule has 0 aromatic carbocycles. The second-order valence-corrected chi connectivity index (χ2v) is 6.42. The van der Waals surface area contributed by atoms with E-state index >= 15 is 0 Å². The number of hydrogen-bond donors (Lipinski definition) is 1. The Balaban J connectivity index is 2.52. The van der Waals surface area contributed by atoms with Crippen molar-refractivity contribution in [2.45, 2.75) is 71.6 Å². The number of carbonyl (C=O) groups excluding carboxylic acids is 3. The summed E-state index contributed by atoms with van der Waals surface area (Å²) in [5.74, 6) is -0.280. The monoisotopic (exact) mass is 298 g/mol. The van der Waals surface area contributed by atoms with E-state index in [0.29, 0.717) is 19.4 Å². The standard InChI is InChI=1S/C15H26N2O4/c1-6-7-12(18)10(2)16-13(19)11-8-9-17(11)14(20)21-15(3,4)5/h10-11H,6-9H2,1-5H3,(H,16,19). The average molecular weight is 298 g/mol. The molecule has 1 heterocycles. The van der Waals surface area contributed by atoms with Crippen molar-refractivity contribution in [2.75, 3.05) is 6.54 Å². The van der Waals surface area contributed by atoms with E-state index in [9.17, 15) is 14.4 Å². The Morgan fingerprint density at radius 2 is 1.95 bits per heavy atom. The summed E-state index contributed by atoms with van der Waals surface area (Å²) in [4.78, 5) is 37.1. The molecule has 6 heteroatoms. The third kappa shape index (κ3) is 5.02. The van der Waals surface area contributed by atoms with E-state index in [2.05, 4.69) is 5.32 Å². The molecule has 6 nitrogen and oxygen atoms in total. The Morgan fingerprint density at radius 1 is 1.33 bits per heavy atom. The van der Waals surface area contributed by atoms with E-state index in [4.69, 9.17) is 4.74 Å². The van der Waals surface area contributed by atoms with Gasteiger partial charge in [-0.3, -0.25) is 14.5 Å². The van der Waals surface area contributed by atoms with E-state index in [-0.39, 0.29) is 11.7 Å². The van der Waals surface area contributed by atoms with Crippen LogP contribution in [0.3, 0.4) is 0 Å². The molecule has 0 aromatic rings. The Labute approximate surface area is 126 Å². The topological polar surface area (TPSA) is 75.7 Å². The number of ether oxygens (including phenoxy) is 1. The second-order valence-electron chi connectivity index (χ2n) is 6.42. The molecule has 2 unspecified atom stereocenters. The van der Waals surface area contributed by atoms with Crippen LogP contribution in [0, 0.1) is 0 Å². The maximum Gasteiger partial charge on any atom is 0.410 e. The smallest absolute Gasteiger partial charge is 0.410 e. The maximum atomic E-state index is 12.1. The van der Waals surface area contributed by atoms with E-state index in [1.807, 2.05) is 6.92 Å². The Kier molecular flexibility index (Phi) is 5.75. The van der Waals surface area contributed by atoms with Gasteiger partial charge in [-0.15, -0.1) is 0 Å². The molecule has 0 aromatic heterocycles. The molecule has 120 valence electrons. The van der Waals surface area contributed by atoms with Gasteiger partial charge in [0.1, 0.15) is 11.6 Å². The van der Waals surface area contributed by atoms with Gasteiger partial charge in [0.15, 0.2) is 5.78 Å². The van der Waals surface area contributed by atoms with Crippen LogP contribution in [0.4, 0.5) is 4.79 Å². The lowest BCUT2D eigenvalue weighted by Crippen LogP contribution is -2.60. The van der Waals surface area contributed by atoms with Crippen molar-refractivity contribution < 1.29 is 19.1 Å². The van der Waals surface area contributed by atoms with Gasteiger partial charge in [-0.2, -0.15) is 0 Å². The maximum absolute atomic E-state index is 12.1. The van der Waals surface area contributed by atoms with Crippen LogP contribution in [0.15, 0.2) is 0 Å². The lowest BCUT2D eigenvalue weighted by molar-refractivity contribution is -0.134. The molecule has 1 fully saturated rings. The van der Waals surface area contributed by atoms with Crippen LogP contribution in [0.2, 0.25) is 0 Å². The minimum atomic E-state index is -0.585. The molecule has 1 rings (SSSR count). The molecule has 0 radical (unpaired) electrons. The third-order valence-electron chi connectivity index (χ3n) is 3.29. The van der Waals surface area contributed by atoms with Gasteiger partial charge in [-0.05, 0) is 40.5 Å². The number of nitrogens with zero attached hydrogens (tertiary/aromatic N) is 1. The van der Waals surface area contributed by atoms with Crippen molar-refractivity contribution in [3.63, 3.8) is 0 Å². The number of ketones is 1. The third-order valence-corrected chi connectivity index (χ3v) is 3.29. The first-order chi connectivity index (χ1) is 9.65. The summed E-state index contributed by atoms with van der Waals surface area (Å²) in [6.45, 7) is 9.45. The molecule has 0 saturated carbocycles. The van der Waals surface area contributed by atoms with Crippen molar-refractivity contribution >= 4 is 17.8 Å². The minimum absolute atomic E-state index is 0.00833. The van der Waals surface area contributed by atoms with Gasteiger partial charge in [-0.1, -0.05) is 6.92 Å².